The van der Waals surface area contributed by atoms with Crippen molar-refractivity contribution in [2.45, 2.75) is 18.9 Å². The van der Waals surface area contributed by atoms with E-state index in [4.69, 9.17) is 0 Å². The van der Waals surface area contributed by atoms with Crippen LogP contribution in [0.2, 0.25) is 0 Å². The zero-order valence-electron chi connectivity index (χ0n) is 11.4. The van der Waals surface area contributed by atoms with E-state index in [1.165, 1.54) is 17.0 Å². The molecular formula is C14H14FN3O3. The summed E-state index contributed by atoms with van der Waals surface area (Å²) in [5.41, 5.74) is -0.104. The predicted molar refractivity (Wildman–Crippen MR) is 71.1 cm³/mol. The molecule has 2 saturated heterocycles. The Labute approximate surface area is 120 Å². The molecule has 2 aliphatic heterocycles. The van der Waals surface area contributed by atoms with Crippen molar-refractivity contribution < 1.29 is 18.8 Å². The highest BCUT2D eigenvalue weighted by Crippen LogP contribution is 2.26. The first-order valence-corrected chi connectivity index (χ1v) is 6.60. The van der Waals surface area contributed by atoms with Crippen molar-refractivity contribution in [3.8, 4) is 0 Å². The van der Waals surface area contributed by atoms with Crippen LogP contribution in [-0.4, -0.2) is 41.4 Å². The summed E-state index contributed by atoms with van der Waals surface area (Å²) in [5.74, 6) is -1.23. The van der Waals surface area contributed by atoms with E-state index in [1.54, 1.807) is 13.0 Å². The number of aryl methyl sites for hydroxylation is 1. The van der Waals surface area contributed by atoms with Crippen molar-refractivity contribution in [2.75, 3.05) is 13.1 Å². The number of carbonyl (C=O) groups excluding carboxylic acids is 3. The van der Waals surface area contributed by atoms with Gasteiger partial charge in [-0.2, -0.15) is 0 Å². The number of rotatable bonds is 1. The van der Waals surface area contributed by atoms with Gasteiger partial charge in [-0.3, -0.25) is 14.9 Å². The smallest absolute Gasteiger partial charge is 0.322 e. The second-order valence-electron chi connectivity index (χ2n) is 5.43. The lowest BCUT2D eigenvalue weighted by Crippen LogP contribution is -2.49. The molecule has 1 aromatic rings. The fraction of sp³-hybridized carbons (Fsp3) is 0.357. The van der Waals surface area contributed by atoms with E-state index < -0.39 is 23.3 Å². The Morgan fingerprint density at radius 3 is 2.81 bits per heavy atom. The molecule has 6 nitrogen and oxygen atoms in total. The first-order chi connectivity index (χ1) is 9.91. The molecule has 1 atom stereocenters. The van der Waals surface area contributed by atoms with Crippen molar-refractivity contribution >= 4 is 17.8 Å². The normalized spacial score (nSPS) is 24.4. The first kappa shape index (κ1) is 13.5. The highest BCUT2D eigenvalue weighted by Gasteiger charge is 2.51. The summed E-state index contributed by atoms with van der Waals surface area (Å²) >= 11 is 0. The van der Waals surface area contributed by atoms with Crippen LogP contribution in [0.1, 0.15) is 22.3 Å². The fourth-order valence-corrected chi connectivity index (χ4v) is 2.79. The maximum atomic E-state index is 13.3. The summed E-state index contributed by atoms with van der Waals surface area (Å²) in [6, 6.07) is 3.48. The average molecular weight is 291 g/mol. The molecule has 0 aromatic heterocycles. The summed E-state index contributed by atoms with van der Waals surface area (Å²) in [7, 11) is 0. The Balaban J connectivity index is 1.83. The van der Waals surface area contributed by atoms with Crippen LogP contribution >= 0.6 is 0 Å². The number of imide groups is 1. The molecule has 0 aliphatic carbocycles. The highest BCUT2D eigenvalue weighted by molar-refractivity contribution is 6.08. The van der Waals surface area contributed by atoms with Gasteiger partial charge in [0, 0.05) is 12.1 Å². The van der Waals surface area contributed by atoms with Gasteiger partial charge in [-0.05, 0) is 31.0 Å². The quantitative estimate of drug-likeness (QED) is 0.742. The van der Waals surface area contributed by atoms with Gasteiger partial charge in [0.15, 0.2) is 0 Å². The van der Waals surface area contributed by atoms with Crippen LogP contribution in [0.15, 0.2) is 18.2 Å². The maximum absolute atomic E-state index is 13.3. The van der Waals surface area contributed by atoms with Crippen LogP contribution in [0.25, 0.3) is 0 Å². The van der Waals surface area contributed by atoms with E-state index in [9.17, 15) is 18.8 Å². The lowest BCUT2D eigenvalue weighted by Gasteiger charge is -2.21. The van der Waals surface area contributed by atoms with E-state index in [0.717, 1.165) is 0 Å². The van der Waals surface area contributed by atoms with Crippen LogP contribution in [0.5, 0.6) is 0 Å². The zero-order chi connectivity index (χ0) is 15.2. The minimum Gasteiger partial charge on any atom is -0.336 e. The summed E-state index contributed by atoms with van der Waals surface area (Å²) in [5, 5.41) is 4.76. The number of carbonyl (C=O) groups is 3. The number of urea groups is 1. The minimum absolute atomic E-state index is 0.0966. The third kappa shape index (κ3) is 2.14. The number of benzene rings is 1. The number of likely N-dealkylation sites (tertiary alicyclic amines) is 1. The van der Waals surface area contributed by atoms with E-state index in [1.807, 2.05) is 0 Å². The van der Waals surface area contributed by atoms with Gasteiger partial charge >= 0.3 is 6.03 Å². The number of nitrogens with one attached hydrogen (secondary N) is 2. The molecule has 21 heavy (non-hydrogen) atoms. The first-order valence-electron chi connectivity index (χ1n) is 6.60. The third-order valence-electron chi connectivity index (χ3n) is 4.00. The van der Waals surface area contributed by atoms with Crippen LogP contribution in [0, 0.1) is 12.7 Å². The number of nitrogens with zero attached hydrogens (tertiary/aromatic N) is 1. The summed E-state index contributed by atoms with van der Waals surface area (Å²) in [4.78, 5) is 37.0. The van der Waals surface area contributed by atoms with Crippen molar-refractivity contribution in [1.82, 2.24) is 15.5 Å². The Morgan fingerprint density at radius 2 is 2.14 bits per heavy atom. The highest BCUT2D eigenvalue weighted by atomic mass is 19.1. The Kier molecular flexibility index (Phi) is 2.93. The van der Waals surface area contributed by atoms with E-state index >= 15 is 0 Å². The summed E-state index contributed by atoms with van der Waals surface area (Å²) < 4.78 is 13.3. The predicted octanol–water partition coefficient (Wildman–Crippen LogP) is 0.558. The van der Waals surface area contributed by atoms with Crippen LogP contribution in [0.4, 0.5) is 9.18 Å². The van der Waals surface area contributed by atoms with E-state index in [0.29, 0.717) is 18.5 Å². The van der Waals surface area contributed by atoms with Crippen molar-refractivity contribution in [2.24, 2.45) is 0 Å². The van der Waals surface area contributed by atoms with Crippen LogP contribution in [0.3, 0.4) is 0 Å². The molecule has 1 aromatic carbocycles. The van der Waals surface area contributed by atoms with Gasteiger partial charge in [0.25, 0.3) is 11.8 Å². The number of hydrogen-bond donors (Lipinski definition) is 2. The average Bonchev–Trinajstić information content (AvgIpc) is 2.97. The SMILES string of the molecule is Cc1ccc(F)cc1C(=O)N1CCC2(C1)NC(=O)NC2=O. The van der Waals surface area contributed by atoms with Gasteiger partial charge < -0.3 is 10.2 Å². The van der Waals surface area contributed by atoms with Crippen molar-refractivity contribution in [3.05, 3.63) is 35.1 Å². The lowest BCUT2D eigenvalue weighted by molar-refractivity contribution is -0.123. The molecule has 0 bridgehead atoms. The Morgan fingerprint density at radius 1 is 1.38 bits per heavy atom. The molecule has 2 aliphatic rings. The summed E-state index contributed by atoms with van der Waals surface area (Å²) in [6.45, 7) is 2.16. The van der Waals surface area contributed by atoms with Gasteiger partial charge in [-0.1, -0.05) is 6.07 Å². The molecule has 4 amide bonds. The molecule has 0 saturated carbocycles. The number of hydrogen-bond acceptors (Lipinski definition) is 3. The molecule has 7 heteroatoms. The maximum Gasteiger partial charge on any atom is 0.322 e. The molecule has 1 unspecified atom stereocenters. The van der Waals surface area contributed by atoms with Gasteiger partial charge in [0.05, 0.1) is 6.54 Å². The van der Waals surface area contributed by atoms with E-state index in [2.05, 4.69) is 10.6 Å². The largest absolute Gasteiger partial charge is 0.336 e. The molecule has 110 valence electrons. The zero-order valence-corrected chi connectivity index (χ0v) is 11.4. The van der Waals surface area contributed by atoms with Gasteiger partial charge in [0.2, 0.25) is 0 Å². The van der Waals surface area contributed by atoms with Gasteiger partial charge in [-0.15, -0.1) is 0 Å². The van der Waals surface area contributed by atoms with Gasteiger partial charge in [0.1, 0.15) is 11.4 Å². The molecule has 3 rings (SSSR count). The second kappa shape index (κ2) is 4.54. The summed E-state index contributed by atoms with van der Waals surface area (Å²) in [6.07, 6.45) is 0.352. The Hall–Kier alpha value is -2.44. The van der Waals surface area contributed by atoms with Crippen LogP contribution in [-0.2, 0) is 4.79 Å². The lowest BCUT2D eigenvalue weighted by atomic mass is 9.99. The number of amides is 4. The molecule has 0 radical (unpaired) electrons. The molecule has 2 fully saturated rings. The van der Waals surface area contributed by atoms with Crippen molar-refractivity contribution in [3.63, 3.8) is 0 Å². The molecular weight excluding hydrogens is 277 g/mol. The monoisotopic (exact) mass is 291 g/mol. The standard InChI is InChI=1S/C14H14FN3O3/c1-8-2-3-9(15)6-10(8)11(19)18-5-4-14(7-18)12(20)16-13(21)17-14/h2-3,6H,4-5,7H2,1H3,(H2,16,17,20,21). The number of halogens is 1. The molecule has 2 N–H and O–H groups in total. The third-order valence-corrected chi connectivity index (χ3v) is 4.00. The molecule has 2 heterocycles. The second-order valence-corrected chi connectivity index (χ2v) is 5.43. The van der Waals surface area contributed by atoms with Gasteiger partial charge in [-0.25, -0.2) is 9.18 Å². The van der Waals surface area contributed by atoms with Crippen LogP contribution < -0.4 is 10.6 Å². The topological polar surface area (TPSA) is 78.5 Å². The van der Waals surface area contributed by atoms with Crippen molar-refractivity contribution in [1.29, 1.82) is 0 Å². The minimum atomic E-state index is -1.05. The van der Waals surface area contributed by atoms with E-state index in [-0.39, 0.29) is 18.0 Å². The molecule has 1 spiro atoms. The Bertz CT molecular complexity index is 661. The fourth-order valence-electron chi connectivity index (χ4n) is 2.79.